The number of benzene rings is 1. The summed E-state index contributed by atoms with van der Waals surface area (Å²) < 4.78 is 6.53. The summed E-state index contributed by atoms with van der Waals surface area (Å²) in [5, 5.41) is 0. The van der Waals surface area contributed by atoms with Crippen molar-refractivity contribution in [1.82, 2.24) is 4.98 Å². The Morgan fingerprint density at radius 2 is 2.43 bits per heavy atom. The second-order valence-electron chi connectivity index (χ2n) is 2.89. The Morgan fingerprint density at radius 3 is 3.21 bits per heavy atom. The predicted molar refractivity (Wildman–Crippen MR) is 60.3 cm³/mol. The fourth-order valence-corrected chi connectivity index (χ4v) is 1.95. The predicted octanol–water partition coefficient (Wildman–Crippen LogP) is 3.30. The zero-order chi connectivity index (χ0) is 9.97. The van der Waals surface area contributed by atoms with E-state index in [9.17, 15) is 0 Å². The van der Waals surface area contributed by atoms with Gasteiger partial charge in [-0.15, -0.1) is 11.3 Å². The molecule has 3 heteroatoms. The largest absolute Gasteiger partial charge is 0.494 e. The van der Waals surface area contributed by atoms with Crippen molar-refractivity contribution >= 4 is 27.3 Å². The van der Waals surface area contributed by atoms with Gasteiger partial charge in [0.15, 0.2) is 0 Å². The van der Waals surface area contributed by atoms with Gasteiger partial charge in [0.25, 0.3) is 0 Å². The lowest BCUT2D eigenvalue weighted by molar-refractivity contribution is 0.299. The van der Waals surface area contributed by atoms with Crippen LogP contribution >= 0.6 is 11.3 Å². The van der Waals surface area contributed by atoms with Crippen LogP contribution in [-0.4, -0.2) is 11.6 Å². The van der Waals surface area contributed by atoms with Crippen molar-refractivity contribution < 1.29 is 4.74 Å². The van der Waals surface area contributed by atoms with Gasteiger partial charge < -0.3 is 4.74 Å². The lowest BCUT2D eigenvalue weighted by Gasteiger charge is -2.05. The second kappa shape index (κ2) is 3.80. The third-order valence-corrected chi connectivity index (χ3v) is 2.78. The summed E-state index contributed by atoms with van der Waals surface area (Å²) in [5.74, 6) is 0.711. The van der Waals surface area contributed by atoms with Gasteiger partial charge in [0.1, 0.15) is 5.76 Å². The fraction of sp³-hybridized carbons (Fsp3) is 0.182. The van der Waals surface area contributed by atoms with Gasteiger partial charge in [-0.25, -0.2) is 4.98 Å². The second-order valence-corrected chi connectivity index (χ2v) is 3.78. The van der Waals surface area contributed by atoms with Crippen molar-refractivity contribution in [3.8, 4) is 0 Å². The van der Waals surface area contributed by atoms with Gasteiger partial charge >= 0.3 is 0 Å². The van der Waals surface area contributed by atoms with E-state index in [-0.39, 0.29) is 0 Å². The summed E-state index contributed by atoms with van der Waals surface area (Å²) in [6.07, 6.45) is 0. The highest BCUT2D eigenvalue weighted by Gasteiger charge is 2.02. The van der Waals surface area contributed by atoms with Gasteiger partial charge in [0.05, 0.1) is 22.3 Å². The highest BCUT2D eigenvalue weighted by Crippen LogP contribution is 2.22. The summed E-state index contributed by atoms with van der Waals surface area (Å²) in [7, 11) is 0. The van der Waals surface area contributed by atoms with Gasteiger partial charge in [0.2, 0.25) is 0 Å². The van der Waals surface area contributed by atoms with E-state index in [1.807, 2.05) is 30.6 Å². The molecule has 0 atom stereocenters. The molecule has 14 heavy (non-hydrogen) atoms. The first-order valence-electron chi connectivity index (χ1n) is 4.46. The van der Waals surface area contributed by atoms with Crippen molar-refractivity contribution in [1.29, 1.82) is 0 Å². The van der Waals surface area contributed by atoms with Gasteiger partial charge in [-0.1, -0.05) is 6.58 Å². The Labute approximate surface area is 86.9 Å². The maximum atomic E-state index is 5.33. The molecule has 0 aliphatic rings. The molecule has 0 saturated carbocycles. The molecule has 1 heterocycles. The quantitative estimate of drug-likeness (QED) is 0.717. The van der Waals surface area contributed by atoms with Crippen LogP contribution < -0.4 is 0 Å². The summed E-state index contributed by atoms with van der Waals surface area (Å²) in [5.41, 5.74) is 3.86. The molecule has 0 spiro atoms. The van der Waals surface area contributed by atoms with E-state index in [0.717, 1.165) is 11.1 Å². The minimum Gasteiger partial charge on any atom is -0.494 e. The summed E-state index contributed by atoms with van der Waals surface area (Å²) >= 11 is 1.64. The number of aromatic nitrogens is 1. The average molecular weight is 205 g/mol. The van der Waals surface area contributed by atoms with Crippen LogP contribution in [0.3, 0.4) is 0 Å². The molecule has 0 aliphatic heterocycles. The highest BCUT2D eigenvalue weighted by molar-refractivity contribution is 7.16. The van der Waals surface area contributed by atoms with Crippen LogP contribution in [0, 0.1) is 0 Å². The average Bonchev–Trinajstić information content (AvgIpc) is 2.64. The molecule has 0 aliphatic carbocycles. The molecule has 2 rings (SSSR count). The molecular formula is C11H11NOS. The zero-order valence-corrected chi connectivity index (χ0v) is 8.80. The molecule has 2 aromatic rings. The van der Waals surface area contributed by atoms with Gasteiger partial charge in [-0.3, -0.25) is 0 Å². The molecule has 0 bridgehead atoms. The monoisotopic (exact) mass is 205 g/mol. The van der Waals surface area contributed by atoms with Crippen LogP contribution in [0.4, 0.5) is 0 Å². The number of hydrogen-bond donors (Lipinski definition) is 0. The van der Waals surface area contributed by atoms with E-state index in [4.69, 9.17) is 4.74 Å². The van der Waals surface area contributed by atoms with E-state index in [1.165, 1.54) is 4.70 Å². The molecule has 0 fully saturated rings. The van der Waals surface area contributed by atoms with Gasteiger partial charge in [-0.05, 0) is 25.1 Å². The lowest BCUT2D eigenvalue weighted by atomic mass is 10.2. The molecule has 0 radical (unpaired) electrons. The number of thiazole rings is 1. The minimum absolute atomic E-state index is 0.647. The van der Waals surface area contributed by atoms with E-state index in [0.29, 0.717) is 12.4 Å². The van der Waals surface area contributed by atoms with Crippen molar-refractivity contribution in [2.24, 2.45) is 0 Å². The standard InChI is InChI=1S/C11H11NOS/c1-3-13-8(2)9-4-5-11-10(6-9)12-7-14-11/h4-7H,2-3H2,1H3. The summed E-state index contributed by atoms with van der Waals surface area (Å²) in [4.78, 5) is 4.24. The zero-order valence-electron chi connectivity index (χ0n) is 7.99. The fourth-order valence-electron chi connectivity index (χ4n) is 1.29. The van der Waals surface area contributed by atoms with Crippen LogP contribution in [0.15, 0.2) is 30.3 Å². The Balaban J connectivity index is 2.38. The minimum atomic E-state index is 0.647. The van der Waals surface area contributed by atoms with Gasteiger partial charge in [-0.2, -0.15) is 0 Å². The first-order chi connectivity index (χ1) is 6.81. The normalized spacial score (nSPS) is 10.4. The highest BCUT2D eigenvalue weighted by atomic mass is 32.1. The maximum Gasteiger partial charge on any atom is 0.119 e. The van der Waals surface area contributed by atoms with Crippen LogP contribution in [0.1, 0.15) is 12.5 Å². The summed E-state index contributed by atoms with van der Waals surface area (Å²) in [6.45, 7) is 6.46. The van der Waals surface area contributed by atoms with Crippen LogP contribution in [0.25, 0.3) is 16.0 Å². The van der Waals surface area contributed by atoms with E-state index >= 15 is 0 Å². The first kappa shape index (κ1) is 9.21. The lowest BCUT2D eigenvalue weighted by Crippen LogP contribution is -1.89. The summed E-state index contributed by atoms with van der Waals surface area (Å²) in [6, 6.07) is 6.06. The maximum absolute atomic E-state index is 5.33. The van der Waals surface area contributed by atoms with Crippen LogP contribution in [-0.2, 0) is 4.74 Å². The molecule has 2 nitrogen and oxygen atoms in total. The third-order valence-electron chi connectivity index (χ3n) is 1.97. The van der Waals surface area contributed by atoms with E-state index in [1.54, 1.807) is 11.3 Å². The molecular weight excluding hydrogens is 194 g/mol. The molecule has 0 N–H and O–H groups in total. The third kappa shape index (κ3) is 1.63. The topological polar surface area (TPSA) is 22.1 Å². The molecule has 1 aromatic carbocycles. The molecule has 0 amide bonds. The number of nitrogens with zero attached hydrogens (tertiary/aromatic N) is 1. The number of fused-ring (bicyclic) bond motifs is 1. The van der Waals surface area contributed by atoms with Crippen molar-refractivity contribution in [3.63, 3.8) is 0 Å². The molecule has 72 valence electrons. The molecule has 1 aromatic heterocycles. The van der Waals surface area contributed by atoms with Gasteiger partial charge in [0, 0.05) is 5.56 Å². The molecule has 0 saturated heterocycles. The Kier molecular flexibility index (Phi) is 2.50. The van der Waals surface area contributed by atoms with Crippen molar-refractivity contribution in [2.45, 2.75) is 6.92 Å². The molecule has 0 unspecified atom stereocenters. The van der Waals surface area contributed by atoms with E-state index < -0.39 is 0 Å². The number of rotatable bonds is 3. The van der Waals surface area contributed by atoms with E-state index in [2.05, 4.69) is 11.6 Å². The Hall–Kier alpha value is -1.35. The van der Waals surface area contributed by atoms with Crippen molar-refractivity contribution in [2.75, 3.05) is 6.61 Å². The number of hydrogen-bond acceptors (Lipinski definition) is 3. The van der Waals surface area contributed by atoms with Crippen LogP contribution in [0.5, 0.6) is 0 Å². The smallest absolute Gasteiger partial charge is 0.119 e. The number of ether oxygens (including phenoxy) is 1. The SMILES string of the molecule is C=C(OCC)c1ccc2scnc2c1. The first-order valence-corrected chi connectivity index (χ1v) is 5.34. The Morgan fingerprint density at radius 1 is 1.57 bits per heavy atom. The van der Waals surface area contributed by atoms with Crippen molar-refractivity contribution in [3.05, 3.63) is 35.9 Å². The van der Waals surface area contributed by atoms with Crippen LogP contribution in [0.2, 0.25) is 0 Å². The Bertz CT molecular complexity index is 461.